The minimum absolute atomic E-state index is 0.0254. The highest BCUT2D eigenvalue weighted by Gasteiger charge is 2.13. The van der Waals surface area contributed by atoms with Crippen molar-refractivity contribution in [2.24, 2.45) is 0 Å². The number of thioether (sulfide) groups is 1. The van der Waals surface area contributed by atoms with Gasteiger partial charge in [0.15, 0.2) is 0 Å². The van der Waals surface area contributed by atoms with Crippen molar-refractivity contribution in [2.75, 3.05) is 23.4 Å². The summed E-state index contributed by atoms with van der Waals surface area (Å²) in [7, 11) is 0. The molecule has 0 bridgehead atoms. The fraction of sp³-hybridized carbons (Fsp3) is 0.412. The summed E-state index contributed by atoms with van der Waals surface area (Å²) in [4.78, 5) is 12.0. The number of benzene rings is 1. The molecular weight excluding hydrogens is 310 g/mol. The monoisotopic (exact) mass is 333 g/mol. The van der Waals surface area contributed by atoms with E-state index in [9.17, 15) is 9.90 Å². The highest BCUT2D eigenvalue weighted by molar-refractivity contribution is 7.99. The van der Waals surface area contributed by atoms with Gasteiger partial charge in [0.05, 0.1) is 24.6 Å². The van der Waals surface area contributed by atoms with Crippen molar-refractivity contribution in [3.63, 3.8) is 0 Å². The molecule has 0 aliphatic heterocycles. The molecule has 0 unspecified atom stereocenters. The number of carbonyl (C=O) groups excluding carboxylic acids is 1. The van der Waals surface area contributed by atoms with E-state index in [4.69, 9.17) is 0 Å². The van der Waals surface area contributed by atoms with Crippen LogP contribution in [0.2, 0.25) is 0 Å². The van der Waals surface area contributed by atoms with Gasteiger partial charge in [-0.1, -0.05) is 31.2 Å². The lowest BCUT2D eigenvalue weighted by Gasteiger charge is -2.07. The van der Waals surface area contributed by atoms with Crippen molar-refractivity contribution in [1.82, 2.24) is 9.78 Å². The molecule has 1 amide bonds. The van der Waals surface area contributed by atoms with E-state index in [0.29, 0.717) is 18.1 Å². The number of aliphatic hydroxyl groups excluding tert-OH is 1. The number of aliphatic hydroxyl groups is 1. The molecule has 124 valence electrons. The van der Waals surface area contributed by atoms with Gasteiger partial charge < -0.3 is 10.4 Å². The van der Waals surface area contributed by atoms with Crippen LogP contribution < -0.4 is 5.32 Å². The number of anilines is 1. The maximum absolute atomic E-state index is 12.0. The van der Waals surface area contributed by atoms with Crippen molar-refractivity contribution in [2.45, 2.75) is 26.8 Å². The Labute approximate surface area is 141 Å². The zero-order chi connectivity index (χ0) is 16.7. The topological polar surface area (TPSA) is 67.2 Å². The molecule has 5 nitrogen and oxygen atoms in total. The van der Waals surface area contributed by atoms with E-state index in [1.807, 2.05) is 37.3 Å². The Morgan fingerprint density at radius 1 is 1.39 bits per heavy atom. The first-order valence-electron chi connectivity index (χ1n) is 7.78. The van der Waals surface area contributed by atoms with E-state index >= 15 is 0 Å². The molecular formula is C17H23N3O2S. The molecule has 2 N–H and O–H groups in total. The summed E-state index contributed by atoms with van der Waals surface area (Å²) in [6.07, 6.45) is 1.05. The normalized spacial score (nSPS) is 10.7. The van der Waals surface area contributed by atoms with Gasteiger partial charge in [0, 0.05) is 11.6 Å². The predicted molar refractivity (Wildman–Crippen MR) is 95.7 cm³/mol. The molecule has 1 heterocycles. The van der Waals surface area contributed by atoms with Crippen LogP contribution in [0.5, 0.6) is 0 Å². The predicted octanol–water partition coefficient (Wildman–Crippen LogP) is 2.93. The van der Waals surface area contributed by atoms with E-state index in [1.165, 1.54) is 0 Å². The number of aromatic nitrogens is 2. The molecule has 0 spiro atoms. The van der Waals surface area contributed by atoms with E-state index in [0.717, 1.165) is 29.0 Å². The second-order valence-electron chi connectivity index (χ2n) is 5.28. The Morgan fingerprint density at radius 2 is 2.17 bits per heavy atom. The van der Waals surface area contributed by atoms with Crippen LogP contribution in [0.3, 0.4) is 0 Å². The number of rotatable bonds is 8. The van der Waals surface area contributed by atoms with Gasteiger partial charge in [-0.2, -0.15) is 16.9 Å². The lowest BCUT2D eigenvalue weighted by atomic mass is 10.1. The molecule has 0 radical (unpaired) electrons. The Kier molecular flexibility index (Phi) is 6.67. The number of carbonyl (C=O) groups is 1. The van der Waals surface area contributed by atoms with Crippen LogP contribution in [0, 0.1) is 6.92 Å². The molecule has 0 atom stereocenters. The van der Waals surface area contributed by atoms with Gasteiger partial charge in [-0.15, -0.1) is 0 Å². The second kappa shape index (κ2) is 8.74. The number of amides is 1. The van der Waals surface area contributed by atoms with Crippen LogP contribution >= 0.6 is 11.8 Å². The Balaban J connectivity index is 2.18. The molecule has 0 saturated heterocycles. The lowest BCUT2D eigenvalue weighted by molar-refractivity contribution is -0.113. The summed E-state index contributed by atoms with van der Waals surface area (Å²) in [5.41, 5.74) is 2.95. The van der Waals surface area contributed by atoms with Gasteiger partial charge in [-0.25, -0.2) is 4.68 Å². The Hall–Kier alpha value is -1.79. The van der Waals surface area contributed by atoms with E-state index in [2.05, 4.69) is 17.3 Å². The van der Waals surface area contributed by atoms with Crippen LogP contribution in [0.4, 0.5) is 5.82 Å². The maximum Gasteiger partial charge on any atom is 0.235 e. The summed E-state index contributed by atoms with van der Waals surface area (Å²) in [5, 5.41) is 16.6. The Bertz CT molecular complexity index is 655. The van der Waals surface area contributed by atoms with Gasteiger partial charge in [-0.3, -0.25) is 4.79 Å². The highest BCUT2D eigenvalue weighted by atomic mass is 32.2. The standard InChI is InChI=1S/C17H23N3O2S/c1-3-10-23-12-17(22)18-16-11-15(19-20(16)8-9-21)14-7-5-4-6-13(14)2/h4-7,11,21H,3,8-10,12H2,1-2H3,(H,18,22). The molecule has 1 aromatic heterocycles. The van der Waals surface area contributed by atoms with Crippen molar-refractivity contribution >= 4 is 23.5 Å². The van der Waals surface area contributed by atoms with E-state index in [1.54, 1.807) is 16.4 Å². The van der Waals surface area contributed by atoms with Crippen LogP contribution in [0.15, 0.2) is 30.3 Å². The third-order valence-corrected chi connectivity index (χ3v) is 4.53. The van der Waals surface area contributed by atoms with Crippen LogP contribution in [-0.2, 0) is 11.3 Å². The minimum atomic E-state index is -0.0427. The Morgan fingerprint density at radius 3 is 2.87 bits per heavy atom. The van der Waals surface area contributed by atoms with Crippen LogP contribution in [0.25, 0.3) is 11.3 Å². The van der Waals surface area contributed by atoms with Crippen LogP contribution in [-0.4, -0.2) is 38.9 Å². The number of nitrogens with zero attached hydrogens (tertiary/aromatic N) is 2. The number of hydrogen-bond donors (Lipinski definition) is 2. The van der Waals surface area contributed by atoms with Crippen LogP contribution in [0.1, 0.15) is 18.9 Å². The van der Waals surface area contributed by atoms with Gasteiger partial charge in [0.2, 0.25) is 5.91 Å². The van der Waals surface area contributed by atoms with E-state index in [-0.39, 0.29) is 12.5 Å². The quantitative estimate of drug-likeness (QED) is 0.729. The fourth-order valence-electron chi connectivity index (χ4n) is 2.26. The maximum atomic E-state index is 12.0. The molecule has 0 saturated carbocycles. The number of aryl methyl sites for hydroxylation is 1. The first-order chi connectivity index (χ1) is 11.2. The second-order valence-corrected chi connectivity index (χ2v) is 6.38. The highest BCUT2D eigenvalue weighted by Crippen LogP contribution is 2.25. The SMILES string of the molecule is CCCSCC(=O)Nc1cc(-c2ccccc2C)nn1CCO. The molecule has 0 aliphatic carbocycles. The average molecular weight is 333 g/mol. The average Bonchev–Trinajstić information content (AvgIpc) is 2.91. The van der Waals surface area contributed by atoms with Gasteiger partial charge >= 0.3 is 0 Å². The number of hydrogen-bond acceptors (Lipinski definition) is 4. The molecule has 2 rings (SSSR count). The molecule has 23 heavy (non-hydrogen) atoms. The summed E-state index contributed by atoms with van der Waals surface area (Å²) in [5.74, 6) is 1.98. The van der Waals surface area contributed by atoms with Crippen molar-refractivity contribution in [3.05, 3.63) is 35.9 Å². The van der Waals surface area contributed by atoms with Gasteiger partial charge in [0.1, 0.15) is 5.82 Å². The smallest absolute Gasteiger partial charge is 0.235 e. The molecule has 6 heteroatoms. The molecule has 2 aromatic rings. The van der Waals surface area contributed by atoms with E-state index < -0.39 is 0 Å². The van der Waals surface area contributed by atoms with Crippen molar-refractivity contribution in [3.8, 4) is 11.3 Å². The summed E-state index contributed by atoms with van der Waals surface area (Å²) in [6, 6.07) is 9.84. The van der Waals surface area contributed by atoms with Crippen molar-refractivity contribution in [1.29, 1.82) is 0 Å². The summed E-state index contributed by atoms with van der Waals surface area (Å²) >= 11 is 1.61. The zero-order valence-electron chi connectivity index (χ0n) is 13.6. The van der Waals surface area contributed by atoms with Gasteiger partial charge in [-0.05, 0) is 24.7 Å². The molecule has 0 aliphatic rings. The largest absolute Gasteiger partial charge is 0.394 e. The van der Waals surface area contributed by atoms with Gasteiger partial charge in [0.25, 0.3) is 0 Å². The summed E-state index contributed by atoms with van der Waals surface area (Å²) in [6.45, 7) is 4.45. The minimum Gasteiger partial charge on any atom is -0.394 e. The molecule has 1 aromatic carbocycles. The third kappa shape index (κ3) is 4.84. The number of nitrogens with one attached hydrogen (secondary N) is 1. The summed E-state index contributed by atoms with van der Waals surface area (Å²) < 4.78 is 1.64. The first kappa shape index (κ1) is 17.6. The van der Waals surface area contributed by atoms with Crippen molar-refractivity contribution < 1.29 is 9.90 Å². The zero-order valence-corrected chi connectivity index (χ0v) is 14.4. The fourth-order valence-corrected chi connectivity index (χ4v) is 2.95. The molecule has 0 fully saturated rings. The third-order valence-electron chi connectivity index (χ3n) is 3.36. The first-order valence-corrected chi connectivity index (χ1v) is 8.93. The lowest BCUT2D eigenvalue weighted by Crippen LogP contribution is -2.18.